The maximum absolute atomic E-state index is 13.3. The third-order valence-corrected chi connectivity index (χ3v) is 5.48. The predicted octanol–water partition coefficient (Wildman–Crippen LogP) is 3.99. The second-order valence-corrected chi connectivity index (χ2v) is 8.30. The molecule has 11 heteroatoms. The number of nitrogens with one attached hydrogen (secondary N) is 1. The maximum Gasteiger partial charge on any atom is 0.354 e. The molecule has 4 rings (SSSR count). The number of hydrogen-bond donors (Lipinski definition) is 1. The van der Waals surface area contributed by atoms with E-state index in [1.165, 1.54) is 4.57 Å². The third-order valence-electron chi connectivity index (χ3n) is 5.23. The summed E-state index contributed by atoms with van der Waals surface area (Å²) in [4.78, 5) is 46.0. The summed E-state index contributed by atoms with van der Waals surface area (Å²) in [5.41, 5.74) is -0.0370. The van der Waals surface area contributed by atoms with Crippen LogP contribution in [0.2, 0.25) is 5.02 Å². The molecule has 0 aliphatic carbocycles. The molecule has 0 unspecified atom stereocenters. The zero-order chi connectivity index (χ0) is 26.2. The first-order valence-corrected chi connectivity index (χ1v) is 11.9. The number of nitrogens with zero attached hydrogens (tertiary/aromatic N) is 4. The highest BCUT2D eigenvalue weighted by molar-refractivity contribution is 6.30. The topological polar surface area (TPSA) is 117 Å². The van der Waals surface area contributed by atoms with Gasteiger partial charge >= 0.3 is 17.3 Å². The predicted molar refractivity (Wildman–Crippen MR) is 139 cm³/mol. The lowest BCUT2D eigenvalue weighted by Crippen LogP contribution is -2.43. The minimum Gasteiger partial charge on any atom is -0.466 e. The van der Waals surface area contributed by atoms with Gasteiger partial charge in [0, 0.05) is 23.5 Å². The van der Waals surface area contributed by atoms with Gasteiger partial charge in [0.25, 0.3) is 0 Å². The molecule has 0 radical (unpaired) electrons. The van der Waals surface area contributed by atoms with Crippen molar-refractivity contribution in [2.75, 3.05) is 11.9 Å². The second-order valence-electron chi connectivity index (χ2n) is 7.86. The van der Waals surface area contributed by atoms with Gasteiger partial charge in [-0.25, -0.2) is 14.2 Å². The highest BCUT2D eigenvalue weighted by Gasteiger charge is 2.16. The van der Waals surface area contributed by atoms with Crippen molar-refractivity contribution in [3.63, 3.8) is 0 Å². The number of carbonyl (C=O) groups excluding carboxylic acids is 1. The van der Waals surface area contributed by atoms with E-state index in [1.54, 1.807) is 80.0 Å². The van der Waals surface area contributed by atoms with Crippen molar-refractivity contribution in [2.45, 2.75) is 26.4 Å². The zero-order valence-electron chi connectivity index (χ0n) is 20.0. The SMILES string of the molecule is CCOC(=O)CCn1c(=O)nc(Nc2ccc(Oc3cccnc3)cc2)n(Cc2ccc(Cl)cc2)c1=O. The molecule has 0 fully saturated rings. The summed E-state index contributed by atoms with van der Waals surface area (Å²) in [7, 11) is 0. The largest absolute Gasteiger partial charge is 0.466 e. The van der Waals surface area contributed by atoms with Crippen LogP contribution in [0.15, 0.2) is 82.6 Å². The number of hydrogen-bond acceptors (Lipinski definition) is 8. The summed E-state index contributed by atoms with van der Waals surface area (Å²) in [6.07, 6.45) is 3.13. The van der Waals surface area contributed by atoms with Crippen molar-refractivity contribution in [3.05, 3.63) is 105 Å². The van der Waals surface area contributed by atoms with Gasteiger partial charge in [-0.2, -0.15) is 4.98 Å². The zero-order valence-corrected chi connectivity index (χ0v) is 20.7. The van der Waals surface area contributed by atoms with Crippen molar-refractivity contribution in [3.8, 4) is 11.5 Å². The number of carbonyl (C=O) groups is 1. The van der Waals surface area contributed by atoms with E-state index in [9.17, 15) is 14.4 Å². The van der Waals surface area contributed by atoms with Crippen LogP contribution in [0.25, 0.3) is 0 Å². The monoisotopic (exact) mass is 521 g/mol. The highest BCUT2D eigenvalue weighted by atomic mass is 35.5. The lowest BCUT2D eigenvalue weighted by molar-refractivity contribution is -0.143. The molecule has 37 heavy (non-hydrogen) atoms. The molecule has 0 saturated carbocycles. The number of pyridine rings is 1. The van der Waals surface area contributed by atoms with Crippen LogP contribution in [0, 0.1) is 0 Å². The van der Waals surface area contributed by atoms with Gasteiger partial charge in [0.05, 0.1) is 25.8 Å². The maximum atomic E-state index is 13.3. The van der Waals surface area contributed by atoms with Crippen molar-refractivity contribution in [1.82, 2.24) is 19.1 Å². The molecule has 2 heterocycles. The Kier molecular flexibility index (Phi) is 8.32. The molecule has 10 nitrogen and oxygen atoms in total. The molecule has 2 aromatic carbocycles. The molecule has 4 aromatic rings. The third kappa shape index (κ3) is 6.83. The van der Waals surface area contributed by atoms with E-state index in [2.05, 4.69) is 15.3 Å². The molecule has 0 aliphatic heterocycles. The minimum atomic E-state index is -0.777. The summed E-state index contributed by atoms with van der Waals surface area (Å²) < 4.78 is 12.9. The van der Waals surface area contributed by atoms with Crippen LogP contribution in [0.5, 0.6) is 11.5 Å². The van der Waals surface area contributed by atoms with Crippen molar-refractivity contribution in [2.24, 2.45) is 0 Å². The smallest absolute Gasteiger partial charge is 0.354 e. The molecule has 0 aliphatic rings. The molecular formula is C26H24ClN5O5. The van der Waals surface area contributed by atoms with Gasteiger partial charge in [0.2, 0.25) is 5.95 Å². The first-order chi connectivity index (χ1) is 17.9. The van der Waals surface area contributed by atoms with E-state index >= 15 is 0 Å². The Bertz CT molecular complexity index is 1470. The van der Waals surface area contributed by atoms with Crippen molar-refractivity contribution >= 4 is 29.2 Å². The van der Waals surface area contributed by atoms with Gasteiger partial charge in [-0.3, -0.25) is 14.3 Å². The molecule has 0 spiro atoms. The lowest BCUT2D eigenvalue weighted by Gasteiger charge is -2.16. The van der Waals surface area contributed by atoms with E-state index in [-0.39, 0.29) is 32.1 Å². The van der Waals surface area contributed by atoms with E-state index < -0.39 is 17.3 Å². The van der Waals surface area contributed by atoms with E-state index in [0.29, 0.717) is 22.2 Å². The molecule has 0 atom stereocenters. The second kappa shape index (κ2) is 12.0. The standard InChI is InChI=1S/C26H24ClN5O5/c1-2-36-23(33)13-15-31-25(34)30-24(32(26(31)35)17-18-5-7-19(27)8-6-18)29-20-9-11-21(12-10-20)37-22-4-3-14-28-16-22/h3-12,14,16H,2,13,15,17H2,1H3,(H,29,30,34). The molecule has 190 valence electrons. The number of halogens is 1. The summed E-state index contributed by atoms with van der Waals surface area (Å²) in [6.45, 7) is 1.86. The van der Waals surface area contributed by atoms with Crippen LogP contribution in [0.4, 0.5) is 11.6 Å². The van der Waals surface area contributed by atoms with E-state index in [4.69, 9.17) is 21.1 Å². The van der Waals surface area contributed by atoms with Gasteiger partial charge in [-0.1, -0.05) is 23.7 Å². The average molecular weight is 522 g/mol. The van der Waals surface area contributed by atoms with E-state index in [1.807, 2.05) is 0 Å². The Balaban J connectivity index is 1.62. The van der Waals surface area contributed by atoms with Crippen LogP contribution in [-0.4, -0.2) is 31.7 Å². The fraction of sp³-hybridized carbons (Fsp3) is 0.192. The summed E-state index contributed by atoms with van der Waals surface area (Å²) in [5.74, 6) is 0.722. The Labute approximate surface area is 217 Å². The number of esters is 1. The van der Waals surface area contributed by atoms with Crippen molar-refractivity contribution < 1.29 is 14.3 Å². The first kappa shape index (κ1) is 25.6. The molecule has 0 saturated heterocycles. The highest BCUT2D eigenvalue weighted by Crippen LogP contribution is 2.23. The lowest BCUT2D eigenvalue weighted by atomic mass is 10.2. The summed E-state index contributed by atoms with van der Waals surface area (Å²) in [5, 5.41) is 3.60. The Morgan fingerprint density at radius 1 is 1.00 bits per heavy atom. The number of aromatic nitrogens is 4. The minimum absolute atomic E-state index is 0.0539. The Morgan fingerprint density at radius 3 is 2.43 bits per heavy atom. The van der Waals surface area contributed by atoms with Crippen LogP contribution in [-0.2, 0) is 22.6 Å². The van der Waals surface area contributed by atoms with Gasteiger partial charge in [-0.15, -0.1) is 0 Å². The summed E-state index contributed by atoms with van der Waals surface area (Å²) >= 11 is 5.99. The van der Waals surface area contributed by atoms with Gasteiger partial charge in [-0.05, 0) is 61.0 Å². The van der Waals surface area contributed by atoms with Crippen LogP contribution >= 0.6 is 11.6 Å². The quantitative estimate of drug-likeness (QED) is 0.311. The Hall–Kier alpha value is -4.44. The fourth-order valence-corrected chi connectivity index (χ4v) is 3.57. The van der Waals surface area contributed by atoms with Gasteiger partial charge in [0.15, 0.2) is 0 Å². The van der Waals surface area contributed by atoms with Crippen molar-refractivity contribution in [1.29, 1.82) is 0 Å². The van der Waals surface area contributed by atoms with Gasteiger partial charge < -0.3 is 14.8 Å². The average Bonchev–Trinajstić information content (AvgIpc) is 2.89. The van der Waals surface area contributed by atoms with Crippen LogP contribution in [0.1, 0.15) is 18.9 Å². The van der Waals surface area contributed by atoms with Crippen LogP contribution in [0.3, 0.4) is 0 Å². The number of rotatable bonds is 10. The number of ether oxygens (including phenoxy) is 2. The number of benzene rings is 2. The Morgan fingerprint density at radius 2 is 1.76 bits per heavy atom. The first-order valence-electron chi connectivity index (χ1n) is 11.5. The molecule has 0 amide bonds. The van der Waals surface area contributed by atoms with Gasteiger partial charge in [0.1, 0.15) is 11.5 Å². The fourth-order valence-electron chi connectivity index (χ4n) is 3.45. The molecular weight excluding hydrogens is 498 g/mol. The van der Waals surface area contributed by atoms with Crippen LogP contribution < -0.4 is 21.4 Å². The number of anilines is 2. The normalized spacial score (nSPS) is 10.6. The summed E-state index contributed by atoms with van der Waals surface area (Å²) in [6, 6.07) is 17.5. The van der Waals surface area contributed by atoms with E-state index in [0.717, 1.165) is 10.1 Å². The molecule has 1 N–H and O–H groups in total. The molecule has 2 aromatic heterocycles. The molecule has 0 bridgehead atoms.